The number of rotatable bonds is 3. The summed E-state index contributed by atoms with van der Waals surface area (Å²) in [7, 11) is 0. The van der Waals surface area contributed by atoms with Crippen LogP contribution in [0.2, 0.25) is 0 Å². The summed E-state index contributed by atoms with van der Waals surface area (Å²) in [6.07, 6.45) is -3.47. The van der Waals surface area contributed by atoms with Crippen molar-refractivity contribution in [2.75, 3.05) is 44.2 Å². The van der Waals surface area contributed by atoms with Crippen LogP contribution in [-0.4, -0.2) is 54.3 Å². The summed E-state index contributed by atoms with van der Waals surface area (Å²) < 4.78 is 37.2. The second-order valence-electron chi connectivity index (χ2n) is 4.46. The Bertz CT molecular complexity index is 400. The van der Waals surface area contributed by atoms with Gasteiger partial charge in [-0.15, -0.1) is 0 Å². The largest absolute Gasteiger partial charge is 0.417 e. The van der Waals surface area contributed by atoms with Crippen LogP contribution in [-0.2, 0) is 6.18 Å². The molecule has 1 fully saturated rings. The highest BCUT2D eigenvalue weighted by Gasteiger charge is 2.31. The van der Waals surface area contributed by atoms with Gasteiger partial charge in [0.05, 0.1) is 12.2 Å². The molecule has 0 amide bonds. The first-order valence-corrected chi connectivity index (χ1v) is 6.12. The van der Waals surface area contributed by atoms with Crippen molar-refractivity contribution in [3.05, 3.63) is 23.9 Å². The Morgan fingerprint density at radius 3 is 2.32 bits per heavy atom. The summed E-state index contributed by atoms with van der Waals surface area (Å²) in [4.78, 5) is 7.94. The minimum atomic E-state index is -4.34. The molecule has 0 bridgehead atoms. The third-order valence-electron chi connectivity index (χ3n) is 3.19. The molecule has 2 heterocycles. The minimum Gasteiger partial charge on any atom is -0.395 e. The zero-order chi connectivity index (χ0) is 13.9. The van der Waals surface area contributed by atoms with Crippen molar-refractivity contribution in [3.8, 4) is 0 Å². The van der Waals surface area contributed by atoms with Crippen LogP contribution < -0.4 is 4.90 Å². The van der Waals surface area contributed by atoms with Gasteiger partial charge < -0.3 is 10.0 Å². The molecule has 0 spiro atoms. The predicted octanol–water partition coefficient (Wildman–Crippen LogP) is 1.21. The highest BCUT2D eigenvalue weighted by molar-refractivity contribution is 5.40. The Morgan fingerprint density at radius 1 is 1.16 bits per heavy atom. The molecule has 2 rings (SSSR count). The number of nitrogens with zero attached hydrogens (tertiary/aromatic N) is 3. The number of pyridine rings is 1. The summed E-state index contributed by atoms with van der Waals surface area (Å²) >= 11 is 0. The number of anilines is 1. The number of aliphatic hydroxyl groups is 1. The topological polar surface area (TPSA) is 39.6 Å². The number of piperazine rings is 1. The van der Waals surface area contributed by atoms with E-state index in [0.717, 1.165) is 25.4 Å². The molecule has 0 unspecified atom stereocenters. The monoisotopic (exact) mass is 275 g/mol. The van der Waals surface area contributed by atoms with E-state index in [1.807, 2.05) is 4.90 Å². The Balaban J connectivity index is 1.97. The van der Waals surface area contributed by atoms with Gasteiger partial charge in [-0.05, 0) is 12.1 Å². The van der Waals surface area contributed by atoms with Crippen molar-refractivity contribution in [2.24, 2.45) is 0 Å². The first-order valence-electron chi connectivity index (χ1n) is 6.12. The lowest BCUT2D eigenvalue weighted by Gasteiger charge is -2.35. The standard InChI is InChI=1S/C12H16F3N3O/c13-12(14,15)10-1-2-11(16-9-10)18-5-3-17(4-6-18)7-8-19/h1-2,9,19H,3-8H2. The Morgan fingerprint density at radius 2 is 1.84 bits per heavy atom. The van der Waals surface area contributed by atoms with Crippen molar-refractivity contribution in [1.29, 1.82) is 0 Å². The van der Waals surface area contributed by atoms with Crippen LogP contribution in [0.3, 0.4) is 0 Å². The average molecular weight is 275 g/mol. The van der Waals surface area contributed by atoms with E-state index >= 15 is 0 Å². The van der Waals surface area contributed by atoms with Gasteiger partial charge in [0.2, 0.25) is 0 Å². The van der Waals surface area contributed by atoms with Gasteiger partial charge >= 0.3 is 6.18 Å². The molecule has 1 aliphatic rings. The summed E-state index contributed by atoms with van der Waals surface area (Å²) in [6, 6.07) is 2.47. The van der Waals surface area contributed by atoms with Gasteiger partial charge in [0.1, 0.15) is 5.82 Å². The number of halogens is 3. The van der Waals surface area contributed by atoms with E-state index in [4.69, 9.17) is 5.11 Å². The number of alkyl halides is 3. The lowest BCUT2D eigenvalue weighted by atomic mass is 10.2. The molecule has 19 heavy (non-hydrogen) atoms. The van der Waals surface area contributed by atoms with E-state index in [1.54, 1.807) is 0 Å². The molecular weight excluding hydrogens is 259 g/mol. The zero-order valence-electron chi connectivity index (χ0n) is 10.4. The van der Waals surface area contributed by atoms with Crippen LogP contribution in [0.1, 0.15) is 5.56 Å². The molecule has 1 N–H and O–H groups in total. The average Bonchev–Trinajstić information content (AvgIpc) is 2.39. The van der Waals surface area contributed by atoms with Crippen LogP contribution in [0.25, 0.3) is 0 Å². The number of aliphatic hydroxyl groups excluding tert-OH is 1. The van der Waals surface area contributed by atoms with E-state index in [2.05, 4.69) is 9.88 Å². The lowest BCUT2D eigenvalue weighted by Crippen LogP contribution is -2.47. The van der Waals surface area contributed by atoms with E-state index in [0.29, 0.717) is 25.5 Å². The van der Waals surface area contributed by atoms with Crippen LogP contribution in [0.5, 0.6) is 0 Å². The fraction of sp³-hybridized carbons (Fsp3) is 0.583. The van der Waals surface area contributed by atoms with Crippen molar-refractivity contribution in [3.63, 3.8) is 0 Å². The number of hydrogen-bond acceptors (Lipinski definition) is 4. The van der Waals surface area contributed by atoms with Crippen molar-refractivity contribution >= 4 is 5.82 Å². The summed E-state index contributed by atoms with van der Waals surface area (Å²) in [5.41, 5.74) is -0.727. The van der Waals surface area contributed by atoms with Gasteiger partial charge in [-0.25, -0.2) is 4.98 Å². The van der Waals surface area contributed by atoms with E-state index in [9.17, 15) is 13.2 Å². The quantitative estimate of drug-likeness (QED) is 0.900. The summed E-state index contributed by atoms with van der Waals surface area (Å²) in [5, 5.41) is 8.83. The predicted molar refractivity (Wildman–Crippen MR) is 65.0 cm³/mol. The normalized spacial score (nSPS) is 17.8. The molecule has 0 saturated carbocycles. The Kier molecular flexibility index (Phi) is 4.26. The molecule has 106 valence electrons. The molecule has 1 aromatic heterocycles. The third-order valence-corrected chi connectivity index (χ3v) is 3.19. The van der Waals surface area contributed by atoms with Crippen LogP contribution in [0, 0.1) is 0 Å². The van der Waals surface area contributed by atoms with Crippen LogP contribution in [0.15, 0.2) is 18.3 Å². The van der Waals surface area contributed by atoms with Gasteiger partial charge in [-0.2, -0.15) is 13.2 Å². The zero-order valence-corrected chi connectivity index (χ0v) is 10.4. The second kappa shape index (κ2) is 5.75. The fourth-order valence-corrected chi connectivity index (χ4v) is 2.08. The van der Waals surface area contributed by atoms with E-state index in [-0.39, 0.29) is 6.61 Å². The van der Waals surface area contributed by atoms with Crippen molar-refractivity contribution in [2.45, 2.75) is 6.18 Å². The Hall–Kier alpha value is -1.34. The molecule has 1 aromatic rings. The van der Waals surface area contributed by atoms with Crippen LogP contribution >= 0.6 is 0 Å². The first-order chi connectivity index (χ1) is 9.00. The SMILES string of the molecule is OCCN1CCN(c2ccc(C(F)(F)F)cn2)CC1. The summed E-state index contributed by atoms with van der Waals surface area (Å²) in [6.45, 7) is 3.73. The van der Waals surface area contributed by atoms with Crippen molar-refractivity contribution < 1.29 is 18.3 Å². The molecular formula is C12H16F3N3O. The summed E-state index contributed by atoms with van der Waals surface area (Å²) in [5.74, 6) is 0.566. The molecule has 1 saturated heterocycles. The maximum atomic E-state index is 12.4. The molecule has 4 nitrogen and oxygen atoms in total. The van der Waals surface area contributed by atoms with Gasteiger partial charge in [0, 0.05) is 38.9 Å². The number of aromatic nitrogens is 1. The second-order valence-corrected chi connectivity index (χ2v) is 4.46. The van der Waals surface area contributed by atoms with Gasteiger partial charge in [-0.1, -0.05) is 0 Å². The third kappa shape index (κ3) is 3.57. The number of hydrogen-bond donors (Lipinski definition) is 1. The molecule has 0 aromatic carbocycles. The van der Waals surface area contributed by atoms with E-state index < -0.39 is 11.7 Å². The molecule has 0 radical (unpaired) electrons. The van der Waals surface area contributed by atoms with Gasteiger partial charge in [0.15, 0.2) is 0 Å². The highest BCUT2D eigenvalue weighted by atomic mass is 19.4. The fourth-order valence-electron chi connectivity index (χ4n) is 2.08. The van der Waals surface area contributed by atoms with Gasteiger partial charge in [-0.3, -0.25) is 4.90 Å². The first kappa shape index (κ1) is 14.1. The lowest BCUT2D eigenvalue weighted by molar-refractivity contribution is -0.137. The highest BCUT2D eigenvalue weighted by Crippen LogP contribution is 2.29. The molecule has 1 aliphatic heterocycles. The number of β-amino-alcohol motifs (C(OH)–C–C–N with tert-alkyl or cyclic N) is 1. The van der Waals surface area contributed by atoms with Crippen molar-refractivity contribution in [1.82, 2.24) is 9.88 Å². The van der Waals surface area contributed by atoms with E-state index in [1.165, 1.54) is 6.07 Å². The Labute approximate surface area is 109 Å². The maximum Gasteiger partial charge on any atom is 0.417 e. The van der Waals surface area contributed by atoms with Crippen LogP contribution in [0.4, 0.5) is 19.0 Å². The minimum absolute atomic E-state index is 0.124. The smallest absolute Gasteiger partial charge is 0.395 e. The molecule has 0 aliphatic carbocycles. The molecule has 0 atom stereocenters. The maximum absolute atomic E-state index is 12.4. The van der Waals surface area contributed by atoms with Gasteiger partial charge in [0.25, 0.3) is 0 Å². The molecule has 7 heteroatoms.